The van der Waals surface area contributed by atoms with E-state index in [4.69, 9.17) is 9.47 Å². The second kappa shape index (κ2) is 15.8. The summed E-state index contributed by atoms with van der Waals surface area (Å²) in [5.41, 5.74) is -0.949. The molecule has 0 bridgehead atoms. The molecular formula is C40H49FN4O9S. The topological polar surface area (TPSA) is 168 Å². The van der Waals surface area contributed by atoms with E-state index in [0.29, 0.717) is 36.0 Å². The highest BCUT2D eigenvalue weighted by Crippen LogP contribution is 2.46. The molecular weight excluding hydrogens is 732 g/mol. The zero-order valence-electron chi connectivity index (χ0n) is 31.6. The average Bonchev–Trinajstić information content (AvgIpc) is 3.40. The van der Waals surface area contributed by atoms with Gasteiger partial charge in [-0.15, -0.1) is 0 Å². The highest BCUT2D eigenvalue weighted by atomic mass is 32.2. The third kappa shape index (κ3) is 9.03. The number of halogens is 1. The Labute approximate surface area is 321 Å². The van der Waals surface area contributed by atoms with Gasteiger partial charge in [0, 0.05) is 30.4 Å². The van der Waals surface area contributed by atoms with Crippen LogP contribution in [0.5, 0.6) is 0 Å². The number of carbonyl (C=O) groups excluding carboxylic acids is 5. The number of sulfonamides is 1. The Morgan fingerprint density at radius 2 is 1.80 bits per heavy atom. The molecule has 3 aliphatic heterocycles. The van der Waals surface area contributed by atoms with Gasteiger partial charge < -0.3 is 19.7 Å². The number of carbonyl (C=O) groups is 5. The summed E-state index contributed by atoms with van der Waals surface area (Å²) in [7, 11) is -4.31. The predicted molar refractivity (Wildman–Crippen MR) is 198 cm³/mol. The lowest BCUT2D eigenvalue weighted by atomic mass is 9.95. The Balaban J connectivity index is 1.27. The maximum atomic E-state index is 14.5. The van der Waals surface area contributed by atoms with Gasteiger partial charge in [0.15, 0.2) is 0 Å². The Bertz CT molecular complexity index is 2000. The lowest BCUT2D eigenvalue weighted by Gasteiger charge is -2.30. The van der Waals surface area contributed by atoms with E-state index in [9.17, 15) is 36.8 Å². The SMILES string of the molecule is Cc1ccccc1S(=O)(=O)NC(=O)[C@@]12C[C@H]1/C=C\CCCCC[C@H](CC(=O)OC(C)(C)C)C(=O)N1C[C@H](OC(=O)N3Cc4cccc(F)c4C3)C[C@H]1C(=O)N2. The number of amides is 4. The number of esters is 1. The maximum absolute atomic E-state index is 14.5. The quantitative estimate of drug-likeness (QED) is 0.309. The van der Waals surface area contributed by atoms with Crippen molar-refractivity contribution in [2.24, 2.45) is 11.8 Å². The molecule has 0 spiro atoms. The van der Waals surface area contributed by atoms with Crippen LogP contribution in [0.3, 0.4) is 0 Å². The molecule has 0 unspecified atom stereocenters. The summed E-state index contributed by atoms with van der Waals surface area (Å²) in [6, 6.07) is 9.60. The van der Waals surface area contributed by atoms with Crippen molar-refractivity contribution in [3.05, 3.63) is 77.1 Å². The molecule has 1 saturated carbocycles. The third-order valence-corrected chi connectivity index (χ3v) is 12.1. The van der Waals surface area contributed by atoms with Gasteiger partial charge in [-0.3, -0.25) is 24.1 Å². The molecule has 2 aromatic carbocycles. The van der Waals surface area contributed by atoms with Gasteiger partial charge in [0.2, 0.25) is 11.8 Å². The summed E-state index contributed by atoms with van der Waals surface area (Å²) < 4.78 is 54.9. The van der Waals surface area contributed by atoms with Crippen LogP contribution in [0.4, 0.5) is 9.18 Å². The van der Waals surface area contributed by atoms with Crippen LogP contribution in [0.25, 0.3) is 0 Å². The zero-order valence-corrected chi connectivity index (χ0v) is 32.5. The zero-order chi connectivity index (χ0) is 39.7. The molecule has 2 aromatic rings. The summed E-state index contributed by atoms with van der Waals surface area (Å²) in [5, 5.41) is 2.81. The highest BCUT2D eigenvalue weighted by Gasteiger charge is 2.62. The van der Waals surface area contributed by atoms with Crippen molar-refractivity contribution in [3.63, 3.8) is 0 Å². The molecule has 2 fully saturated rings. The van der Waals surface area contributed by atoms with E-state index in [1.54, 1.807) is 58.0 Å². The smallest absolute Gasteiger partial charge is 0.410 e. The van der Waals surface area contributed by atoms with Crippen molar-refractivity contribution in [2.45, 2.75) is 120 Å². The lowest BCUT2D eigenvalue weighted by molar-refractivity contribution is -0.159. The Kier molecular flexibility index (Phi) is 11.4. The molecule has 1 saturated heterocycles. The first kappa shape index (κ1) is 39.9. The fourth-order valence-corrected chi connectivity index (χ4v) is 9.02. The van der Waals surface area contributed by atoms with Gasteiger partial charge in [0.1, 0.15) is 29.1 Å². The first-order valence-electron chi connectivity index (χ1n) is 18.8. The van der Waals surface area contributed by atoms with Gasteiger partial charge in [0.05, 0.1) is 24.4 Å². The number of nitrogens with one attached hydrogen (secondary N) is 2. The molecule has 13 nitrogen and oxygen atoms in total. The molecule has 0 aromatic heterocycles. The van der Waals surface area contributed by atoms with E-state index in [0.717, 1.165) is 12.8 Å². The van der Waals surface area contributed by atoms with E-state index in [1.807, 2.05) is 12.2 Å². The molecule has 15 heteroatoms. The number of hydrogen-bond donors (Lipinski definition) is 2. The van der Waals surface area contributed by atoms with Gasteiger partial charge >= 0.3 is 12.1 Å². The summed E-state index contributed by atoms with van der Waals surface area (Å²) in [6.07, 6.45) is 4.91. The number of allylic oxidation sites excluding steroid dienone is 1. The van der Waals surface area contributed by atoms with Gasteiger partial charge in [-0.1, -0.05) is 55.3 Å². The van der Waals surface area contributed by atoms with E-state index < -0.39 is 80.7 Å². The van der Waals surface area contributed by atoms with Gasteiger partial charge in [0.25, 0.3) is 15.9 Å². The van der Waals surface area contributed by atoms with Crippen LogP contribution < -0.4 is 10.0 Å². The van der Waals surface area contributed by atoms with Crippen molar-refractivity contribution in [2.75, 3.05) is 6.54 Å². The summed E-state index contributed by atoms with van der Waals surface area (Å²) in [6.45, 7) is 6.75. The van der Waals surface area contributed by atoms with Crippen molar-refractivity contribution in [3.8, 4) is 0 Å². The normalized spacial score (nSPS) is 26.3. The van der Waals surface area contributed by atoms with Crippen LogP contribution in [0.1, 0.15) is 88.8 Å². The molecule has 2 N–H and O–H groups in total. The summed E-state index contributed by atoms with van der Waals surface area (Å²) in [5.74, 6) is -4.51. The van der Waals surface area contributed by atoms with E-state index in [-0.39, 0.29) is 43.8 Å². The summed E-state index contributed by atoms with van der Waals surface area (Å²) >= 11 is 0. The molecule has 1 aliphatic carbocycles. The first-order chi connectivity index (χ1) is 26.0. The van der Waals surface area contributed by atoms with Crippen molar-refractivity contribution >= 4 is 39.8 Å². The number of benzene rings is 2. The highest BCUT2D eigenvalue weighted by molar-refractivity contribution is 7.90. The van der Waals surface area contributed by atoms with Crippen molar-refractivity contribution in [1.29, 1.82) is 0 Å². The Morgan fingerprint density at radius 3 is 2.53 bits per heavy atom. The van der Waals surface area contributed by atoms with Crippen LogP contribution in [-0.4, -0.2) is 77.8 Å². The minimum Gasteiger partial charge on any atom is -0.460 e. The van der Waals surface area contributed by atoms with Gasteiger partial charge in [-0.05, 0) is 76.6 Å². The molecule has 5 atom stereocenters. The molecule has 0 radical (unpaired) electrons. The largest absolute Gasteiger partial charge is 0.460 e. The number of fused-ring (bicyclic) bond motifs is 3. The van der Waals surface area contributed by atoms with E-state index >= 15 is 0 Å². The average molecular weight is 781 g/mol. The fraction of sp³-hybridized carbons (Fsp3) is 0.525. The van der Waals surface area contributed by atoms with Crippen LogP contribution in [0.15, 0.2) is 59.5 Å². The summed E-state index contributed by atoms with van der Waals surface area (Å²) in [4.78, 5) is 71.8. The standard InChI is InChI=1S/C40H49FN4O9S/c1-25-13-10-11-18-33(25)55(51,52)43-37(49)40-21-28(40)16-9-7-5-6-8-14-26(19-34(46)54-39(2,3)4)36(48)45-23-29(20-32(45)35(47)42-40)53-38(50)44-22-27-15-12-17-31(41)30(27)24-44/h9-13,15-18,26,28-29,32H,5-8,14,19-24H2,1-4H3,(H,42,47)(H,43,49)/b16-9-/t26-,28-,29-,32+,40-/m1/s1. The second-order valence-corrected chi connectivity index (χ2v) is 17.7. The molecule has 4 amide bonds. The third-order valence-electron chi connectivity index (χ3n) is 10.7. The Morgan fingerprint density at radius 1 is 1.04 bits per heavy atom. The molecule has 296 valence electrons. The number of nitrogens with zero attached hydrogens (tertiary/aromatic N) is 2. The number of hydrogen-bond acceptors (Lipinski definition) is 9. The van der Waals surface area contributed by atoms with Gasteiger partial charge in [-0.25, -0.2) is 22.3 Å². The van der Waals surface area contributed by atoms with Crippen LogP contribution in [-0.2, 0) is 51.8 Å². The second-order valence-electron chi connectivity index (χ2n) is 16.0. The van der Waals surface area contributed by atoms with Crippen LogP contribution >= 0.6 is 0 Å². The minimum absolute atomic E-state index is 0.00393. The lowest BCUT2D eigenvalue weighted by Crippen LogP contribution is -2.56. The number of ether oxygens (including phenoxy) is 2. The minimum atomic E-state index is -4.31. The fourth-order valence-electron chi connectivity index (χ4n) is 7.73. The number of aryl methyl sites for hydroxylation is 1. The molecule has 3 heterocycles. The predicted octanol–water partition coefficient (Wildman–Crippen LogP) is 4.80. The van der Waals surface area contributed by atoms with E-state index in [1.165, 1.54) is 21.9 Å². The Hall–Kier alpha value is -4.79. The molecule has 4 aliphatic rings. The maximum Gasteiger partial charge on any atom is 0.410 e. The van der Waals surface area contributed by atoms with E-state index in [2.05, 4.69) is 10.0 Å². The first-order valence-corrected chi connectivity index (χ1v) is 20.3. The van der Waals surface area contributed by atoms with Crippen molar-refractivity contribution in [1.82, 2.24) is 19.8 Å². The number of rotatable bonds is 6. The van der Waals surface area contributed by atoms with Crippen LogP contribution in [0.2, 0.25) is 0 Å². The monoisotopic (exact) mass is 780 g/mol. The van der Waals surface area contributed by atoms with Crippen LogP contribution in [0, 0.1) is 24.6 Å². The molecule has 6 rings (SSSR count). The van der Waals surface area contributed by atoms with Gasteiger partial charge in [-0.2, -0.15) is 0 Å². The molecule has 55 heavy (non-hydrogen) atoms. The van der Waals surface area contributed by atoms with Crippen molar-refractivity contribution < 1.29 is 46.3 Å².